The van der Waals surface area contributed by atoms with Crippen molar-refractivity contribution in [3.63, 3.8) is 0 Å². The molecule has 2 heterocycles. The van der Waals surface area contributed by atoms with Gasteiger partial charge >= 0.3 is 0 Å². The number of ketones is 1. The highest BCUT2D eigenvalue weighted by Gasteiger charge is 2.16. The minimum atomic E-state index is -0.313. The molecular weight excluding hydrogens is 468 g/mol. The Kier molecular flexibility index (Phi) is 5.21. The first-order valence-corrected chi connectivity index (χ1v) is 10.7. The standard InChI is InChI=1S/C26H17BrN2O3/c27-19-11-13-23(31)21(15-19)22(30)12-10-18-16-29(20-7-2-1-3-8-20)28-26(18)25-14-17-6-4-5-9-24(17)32-25/h1-16,31H/b12-10+. The molecule has 0 aliphatic rings. The molecule has 0 aliphatic carbocycles. The van der Waals surface area contributed by atoms with E-state index in [-0.39, 0.29) is 17.1 Å². The van der Waals surface area contributed by atoms with Gasteiger partial charge in [0.2, 0.25) is 0 Å². The number of phenolic OH excluding ortho intramolecular Hbond substituents is 1. The minimum absolute atomic E-state index is 0.0691. The van der Waals surface area contributed by atoms with Crippen molar-refractivity contribution in [3.8, 4) is 22.9 Å². The summed E-state index contributed by atoms with van der Waals surface area (Å²) in [5.41, 5.74) is 3.21. The van der Waals surface area contributed by atoms with Crippen LogP contribution in [0.5, 0.6) is 5.75 Å². The zero-order chi connectivity index (χ0) is 22.1. The van der Waals surface area contributed by atoms with Gasteiger partial charge in [-0.25, -0.2) is 4.68 Å². The van der Waals surface area contributed by atoms with E-state index in [2.05, 4.69) is 15.9 Å². The topological polar surface area (TPSA) is 68.3 Å². The smallest absolute Gasteiger partial charge is 0.189 e. The molecular formula is C26H17BrN2O3. The number of benzene rings is 3. The fraction of sp³-hybridized carbons (Fsp3) is 0. The zero-order valence-electron chi connectivity index (χ0n) is 16.8. The number of nitrogens with zero attached hydrogens (tertiary/aromatic N) is 2. The molecule has 5 nitrogen and oxygen atoms in total. The summed E-state index contributed by atoms with van der Waals surface area (Å²) in [6.07, 6.45) is 4.97. The van der Waals surface area contributed by atoms with Gasteiger partial charge in [-0.05, 0) is 54.6 Å². The number of allylic oxidation sites excluding steroid dienone is 1. The molecule has 0 bridgehead atoms. The Morgan fingerprint density at radius 3 is 2.59 bits per heavy atom. The van der Waals surface area contributed by atoms with E-state index < -0.39 is 0 Å². The SMILES string of the molecule is O=C(/C=C/c1cn(-c2ccccc2)nc1-c1cc2ccccc2o1)c1cc(Br)ccc1O. The summed E-state index contributed by atoms with van der Waals surface area (Å²) < 4.78 is 8.50. The van der Waals surface area contributed by atoms with Crippen molar-refractivity contribution >= 4 is 38.8 Å². The normalized spacial score (nSPS) is 11.4. The molecule has 0 saturated heterocycles. The summed E-state index contributed by atoms with van der Waals surface area (Å²) in [6, 6.07) is 24.2. The second-order valence-corrected chi connectivity index (χ2v) is 8.14. The number of carbonyl (C=O) groups is 1. The molecule has 0 spiro atoms. The Hall–Kier alpha value is -3.90. The molecule has 0 unspecified atom stereocenters. The molecule has 0 fully saturated rings. The number of hydrogen-bond donors (Lipinski definition) is 1. The summed E-state index contributed by atoms with van der Waals surface area (Å²) in [5, 5.41) is 15.8. The summed E-state index contributed by atoms with van der Waals surface area (Å²) in [4.78, 5) is 12.7. The monoisotopic (exact) mass is 484 g/mol. The Morgan fingerprint density at radius 2 is 1.78 bits per heavy atom. The molecule has 156 valence electrons. The van der Waals surface area contributed by atoms with E-state index in [9.17, 15) is 9.90 Å². The summed E-state index contributed by atoms with van der Waals surface area (Å²) >= 11 is 3.34. The van der Waals surface area contributed by atoms with Crippen molar-refractivity contribution < 1.29 is 14.3 Å². The maximum Gasteiger partial charge on any atom is 0.189 e. The van der Waals surface area contributed by atoms with Gasteiger partial charge in [0.15, 0.2) is 11.5 Å². The Labute approximate surface area is 192 Å². The van der Waals surface area contributed by atoms with Crippen molar-refractivity contribution in [3.05, 3.63) is 107 Å². The van der Waals surface area contributed by atoms with Gasteiger partial charge < -0.3 is 9.52 Å². The second-order valence-electron chi connectivity index (χ2n) is 7.22. The lowest BCUT2D eigenvalue weighted by atomic mass is 10.1. The van der Waals surface area contributed by atoms with Crippen LogP contribution in [0.1, 0.15) is 15.9 Å². The third-order valence-corrected chi connectivity index (χ3v) is 5.55. The van der Waals surface area contributed by atoms with Gasteiger partial charge in [-0.1, -0.05) is 52.3 Å². The summed E-state index contributed by atoms with van der Waals surface area (Å²) in [5.74, 6) is 0.227. The summed E-state index contributed by atoms with van der Waals surface area (Å²) in [6.45, 7) is 0. The van der Waals surface area contributed by atoms with Crippen LogP contribution >= 0.6 is 15.9 Å². The molecule has 1 N–H and O–H groups in total. The summed E-state index contributed by atoms with van der Waals surface area (Å²) in [7, 11) is 0. The average Bonchev–Trinajstić information content (AvgIpc) is 3.43. The largest absolute Gasteiger partial charge is 0.507 e. The lowest BCUT2D eigenvalue weighted by Gasteiger charge is -2.01. The Morgan fingerprint density at radius 1 is 1.00 bits per heavy atom. The number of hydrogen-bond acceptors (Lipinski definition) is 4. The average molecular weight is 485 g/mol. The van der Waals surface area contributed by atoms with Gasteiger partial charge in [-0.15, -0.1) is 0 Å². The van der Waals surface area contributed by atoms with Crippen molar-refractivity contribution in [2.75, 3.05) is 0 Å². The Balaban J connectivity index is 1.58. The fourth-order valence-electron chi connectivity index (χ4n) is 3.47. The van der Waals surface area contributed by atoms with E-state index in [1.54, 1.807) is 22.9 Å². The van der Waals surface area contributed by atoms with E-state index in [4.69, 9.17) is 9.52 Å². The lowest BCUT2D eigenvalue weighted by molar-refractivity contribution is 0.104. The number of aromatic hydroxyl groups is 1. The maximum atomic E-state index is 12.7. The highest BCUT2D eigenvalue weighted by atomic mass is 79.9. The number of carbonyl (C=O) groups excluding carboxylic acids is 1. The molecule has 5 rings (SSSR count). The van der Waals surface area contributed by atoms with Crippen LogP contribution in [0.2, 0.25) is 0 Å². The van der Waals surface area contributed by atoms with Crippen LogP contribution in [0.4, 0.5) is 0 Å². The minimum Gasteiger partial charge on any atom is -0.507 e. The molecule has 0 aliphatic heterocycles. The molecule has 6 heteroatoms. The van der Waals surface area contributed by atoms with Gasteiger partial charge in [0.1, 0.15) is 17.0 Å². The molecule has 32 heavy (non-hydrogen) atoms. The van der Waals surface area contributed by atoms with Crippen LogP contribution in [0.25, 0.3) is 34.2 Å². The van der Waals surface area contributed by atoms with E-state index in [0.717, 1.165) is 22.2 Å². The lowest BCUT2D eigenvalue weighted by Crippen LogP contribution is -1.94. The number of furan rings is 1. The molecule has 0 saturated carbocycles. The number of halogens is 1. The molecule has 5 aromatic rings. The highest BCUT2D eigenvalue weighted by Crippen LogP contribution is 2.31. The van der Waals surface area contributed by atoms with Gasteiger partial charge in [-0.2, -0.15) is 5.10 Å². The first kappa shape index (κ1) is 20.0. The first-order valence-electron chi connectivity index (χ1n) is 9.93. The number of phenols is 1. The Bertz CT molecular complexity index is 1430. The molecule has 0 radical (unpaired) electrons. The van der Waals surface area contributed by atoms with Gasteiger partial charge in [0.25, 0.3) is 0 Å². The fourth-order valence-corrected chi connectivity index (χ4v) is 3.83. The molecule has 2 aromatic heterocycles. The van der Waals surface area contributed by atoms with Crippen LogP contribution in [0.3, 0.4) is 0 Å². The number of aromatic nitrogens is 2. The van der Waals surface area contributed by atoms with Crippen molar-refractivity contribution in [1.29, 1.82) is 0 Å². The van der Waals surface area contributed by atoms with Crippen LogP contribution in [0.15, 0.2) is 100 Å². The second kappa shape index (κ2) is 8.32. The quantitative estimate of drug-likeness (QED) is 0.224. The van der Waals surface area contributed by atoms with Gasteiger partial charge in [-0.3, -0.25) is 4.79 Å². The van der Waals surface area contributed by atoms with Crippen molar-refractivity contribution in [1.82, 2.24) is 9.78 Å². The van der Waals surface area contributed by atoms with Crippen LogP contribution in [-0.2, 0) is 0 Å². The first-order chi connectivity index (χ1) is 15.6. The van der Waals surface area contributed by atoms with Crippen molar-refractivity contribution in [2.24, 2.45) is 0 Å². The van der Waals surface area contributed by atoms with Crippen LogP contribution in [0, 0.1) is 0 Å². The predicted octanol–water partition coefficient (Wildman–Crippen LogP) is 6.65. The third-order valence-electron chi connectivity index (χ3n) is 5.06. The van der Waals surface area contributed by atoms with Crippen LogP contribution < -0.4 is 0 Å². The number of para-hydroxylation sites is 2. The third kappa shape index (κ3) is 3.88. The zero-order valence-corrected chi connectivity index (χ0v) is 18.4. The molecule has 0 amide bonds. The number of rotatable bonds is 5. The van der Waals surface area contributed by atoms with Gasteiger partial charge in [0.05, 0.1) is 11.3 Å². The van der Waals surface area contributed by atoms with E-state index in [0.29, 0.717) is 15.9 Å². The van der Waals surface area contributed by atoms with E-state index >= 15 is 0 Å². The van der Waals surface area contributed by atoms with Gasteiger partial charge in [0, 0.05) is 21.6 Å². The number of fused-ring (bicyclic) bond motifs is 1. The van der Waals surface area contributed by atoms with Crippen LogP contribution in [-0.4, -0.2) is 20.7 Å². The maximum absolute atomic E-state index is 12.7. The van der Waals surface area contributed by atoms with E-state index in [1.165, 1.54) is 12.1 Å². The molecule has 3 aromatic carbocycles. The predicted molar refractivity (Wildman–Crippen MR) is 128 cm³/mol. The van der Waals surface area contributed by atoms with E-state index in [1.807, 2.05) is 66.9 Å². The molecule has 0 atom stereocenters. The highest BCUT2D eigenvalue weighted by molar-refractivity contribution is 9.10. The van der Waals surface area contributed by atoms with Crippen molar-refractivity contribution in [2.45, 2.75) is 0 Å².